The highest BCUT2D eigenvalue weighted by atomic mass is 14.6. The van der Waals surface area contributed by atoms with Gasteiger partial charge in [0.2, 0.25) is 0 Å². The van der Waals surface area contributed by atoms with E-state index in [2.05, 4.69) is 33.4 Å². The van der Waals surface area contributed by atoms with Crippen molar-refractivity contribution in [2.24, 2.45) is 0 Å². The average molecular weight is 189 g/mol. The number of aryl methyl sites for hydroxylation is 1. The highest BCUT2D eigenvalue weighted by Crippen LogP contribution is 2.26. The van der Waals surface area contributed by atoms with Crippen molar-refractivity contribution >= 4 is 11.8 Å². The summed E-state index contributed by atoms with van der Waals surface area (Å²) in [6.45, 7) is 10.2. The minimum absolute atomic E-state index is 0.946. The Morgan fingerprint density at radius 1 is 1.36 bits per heavy atom. The van der Waals surface area contributed by atoms with Gasteiger partial charge in [0.05, 0.1) is 0 Å². The first-order valence-electron chi connectivity index (χ1n) is 5.18. The molecule has 0 bridgehead atoms. The first-order chi connectivity index (χ1) is 6.65. The number of nitrogens with two attached hydrogens (primary N) is 1. The molecule has 1 aromatic carbocycles. The molecule has 0 atom stereocenters. The van der Waals surface area contributed by atoms with E-state index in [0.29, 0.717) is 0 Å². The van der Waals surface area contributed by atoms with Gasteiger partial charge in [0.25, 0.3) is 0 Å². The van der Waals surface area contributed by atoms with Crippen LogP contribution in [0.15, 0.2) is 12.6 Å². The van der Waals surface area contributed by atoms with Gasteiger partial charge in [0, 0.05) is 5.69 Å². The Labute approximate surface area is 86.6 Å². The second-order valence-electron chi connectivity index (χ2n) is 3.55. The van der Waals surface area contributed by atoms with Gasteiger partial charge in [0.15, 0.2) is 0 Å². The normalized spacial score (nSPS) is 10.2. The molecule has 1 heteroatoms. The lowest BCUT2D eigenvalue weighted by atomic mass is 9.94. The standard InChI is InChI=1S/C13H19N/c1-5-10-8-11(6-2)12(7-3)13(14)9(10)4/h5,8H,1,6-7,14H2,2-4H3. The summed E-state index contributed by atoms with van der Waals surface area (Å²) < 4.78 is 0. The van der Waals surface area contributed by atoms with Crippen molar-refractivity contribution < 1.29 is 0 Å². The SMILES string of the molecule is C=Cc1cc(CC)c(CC)c(N)c1C. The predicted molar refractivity (Wildman–Crippen MR) is 64.4 cm³/mol. The maximum absolute atomic E-state index is 6.10. The smallest absolute Gasteiger partial charge is 0.0384 e. The number of nitrogen functional groups attached to an aromatic ring is 1. The fraction of sp³-hybridized carbons (Fsp3) is 0.385. The van der Waals surface area contributed by atoms with E-state index in [1.165, 1.54) is 11.1 Å². The second-order valence-corrected chi connectivity index (χ2v) is 3.55. The van der Waals surface area contributed by atoms with Crippen molar-refractivity contribution in [1.82, 2.24) is 0 Å². The van der Waals surface area contributed by atoms with Gasteiger partial charge in [-0.25, -0.2) is 0 Å². The molecule has 14 heavy (non-hydrogen) atoms. The largest absolute Gasteiger partial charge is 0.398 e. The molecular weight excluding hydrogens is 170 g/mol. The molecule has 0 aromatic heterocycles. The summed E-state index contributed by atoms with van der Waals surface area (Å²) in [4.78, 5) is 0. The van der Waals surface area contributed by atoms with E-state index in [1.54, 1.807) is 0 Å². The number of anilines is 1. The molecule has 0 aliphatic carbocycles. The van der Waals surface area contributed by atoms with E-state index in [0.717, 1.165) is 29.7 Å². The van der Waals surface area contributed by atoms with Crippen LogP contribution in [0.3, 0.4) is 0 Å². The van der Waals surface area contributed by atoms with E-state index in [4.69, 9.17) is 5.73 Å². The summed E-state index contributed by atoms with van der Waals surface area (Å²) in [6.07, 6.45) is 3.92. The Morgan fingerprint density at radius 3 is 2.43 bits per heavy atom. The van der Waals surface area contributed by atoms with Gasteiger partial charge in [-0.3, -0.25) is 0 Å². The molecule has 0 amide bonds. The number of rotatable bonds is 3. The Kier molecular flexibility index (Phi) is 3.34. The Morgan fingerprint density at radius 2 is 2.00 bits per heavy atom. The van der Waals surface area contributed by atoms with E-state index >= 15 is 0 Å². The van der Waals surface area contributed by atoms with Crippen molar-refractivity contribution in [2.45, 2.75) is 33.6 Å². The van der Waals surface area contributed by atoms with Crippen LogP contribution in [-0.2, 0) is 12.8 Å². The topological polar surface area (TPSA) is 26.0 Å². The quantitative estimate of drug-likeness (QED) is 0.725. The van der Waals surface area contributed by atoms with Gasteiger partial charge in [0.1, 0.15) is 0 Å². The van der Waals surface area contributed by atoms with Gasteiger partial charge < -0.3 is 5.73 Å². The van der Waals surface area contributed by atoms with Gasteiger partial charge in [-0.15, -0.1) is 0 Å². The van der Waals surface area contributed by atoms with Crippen LogP contribution >= 0.6 is 0 Å². The molecule has 0 saturated heterocycles. The Balaban J connectivity index is 3.45. The van der Waals surface area contributed by atoms with Gasteiger partial charge in [-0.1, -0.05) is 32.6 Å². The fourth-order valence-electron chi connectivity index (χ4n) is 1.88. The summed E-state index contributed by atoms with van der Waals surface area (Å²) in [6, 6.07) is 2.21. The number of hydrogen-bond donors (Lipinski definition) is 1. The third kappa shape index (κ3) is 1.67. The Hall–Kier alpha value is -1.24. The molecule has 1 aromatic rings. The summed E-state index contributed by atoms with van der Waals surface area (Å²) >= 11 is 0. The molecule has 0 aliphatic heterocycles. The van der Waals surface area contributed by atoms with Crippen LogP contribution in [0.4, 0.5) is 5.69 Å². The zero-order valence-electron chi connectivity index (χ0n) is 9.35. The van der Waals surface area contributed by atoms with Crippen molar-refractivity contribution in [3.05, 3.63) is 34.9 Å². The molecule has 1 rings (SSSR count). The molecule has 0 fully saturated rings. The maximum atomic E-state index is 6.10. The van der Waals surface area contributed by atoms with Crippen LogP contribution in [0.5, 0.6) is 0 Å². The molecule has 0 aliphatic rings. The summed E-state index contributed by atoms with van der Waals surface area (Å²) in [5.74, 6) is 0. The van der Waals surface area contributed by atoms with E-state index in [1.807, 2.05) is 6.08 Å². The second kappa shape index (κ2) is 4.32. The van der Waals surface area contributed by atoms with Gasteiger partial charge in [-0.05, 0) is 42.0 Å². The molecule has 0 radical (unpaired) electrons. The molecular formula is C13H19N. The van der Waals surface area contributed by atoms with Crippen LogP contribution in [0.25, 0.3) is 6.08 Å². The maximum Gasteiger partial charge on any atom is 0.0384 e. The molecule has 0 saturated carbocycles. The van der Waals surface area contributed by atoms with Crippen LogP contribution in [0.2, 0.25) is 0 Å². The zero-order valence-corrected chi connectivity index (χ0v) is 9.35. The summed E-state index contributed by atoms with van der Waals surface area (Å²) in [7, 11) is 0. The summed E-state index contributed by atoms with van der Waals surface area (Å²) in [5.41, 5.74) is 12.0. The first kappa shape index (κ1) is 10.8. The highest BCUT2D eigenvalue weighted by molar-refractivity contribution is 5.67. The molecule has 76 valence electrons. The van der Waals surface area contributed by atoms with Crippen LogP contribution in [0.1, 0.15) is 36.1 Å². The van der Waals surface area contributed by atoms with Crippen LogP contribution in [-0.4, -0.2) is 0 Å². The molecule has 0 spiro atoms. The van der Waals surface area contributed by atoms with Gasteiger partial charge >= 0.3 is 0 Å². The minimum Gasteiger partial charge on any atom is -0.398 e. The van der Waals surface area contributed by atoms with Gasteiger partial charge in [-0.2, -0.15) is 0 Å². The van der Waals surface area contributed by atoms with Crippen molar-refractivity contribution in [3.8, 4) is 0 Å². The third-order valence-corrected chi connectivity index (χ3v) is 2.83. The number of hydrogen-bond acceptors (Lipinski definition) is 1. The molecule has 1 nitrogen and oxygen atoms in total. The lowest BCUT2D eigenvalue weighted by Gasteiger charge is -2.14. The molecule has 0 unspecified atom stereocenters. The van der Waals surface area contributed by atoms with E-state index in [-0.39, 0.29) is 0 Å². The van der Waals surface area contributed by atoms with Crippen LogP contribution < -0.4 is 5.73 Å². The van der Waals surface area contributed by atoms with Crippen molar-refractivity contribution in [1.29, 1.82) is 0 Å². The lowest BCUT2D eigenvalue weighted by molar-refractivity contribution is 1.03. The minimum atomic E-state index is 0.946. The number of benzene rings is 1. The predicted octanol–water partition coefficient (Wildman–Crippen LogP) is 3.35. The molecule has 2 N–H and O–H groups in total. The Bertz CT molecular complexity index is 351. The van der Waals surface area contributed by atoms with E-state index < -0.39 is 0 Å². The monoisotopic (exact) mass is 189 g/mol. The zero-order chi connectivity index (χ0) is 10.7. The van der Waals surface area contributed by atoms with Crippen molar-refractivity contribution in [3.63, 3.8) is 0 Å². The first-order valence-corrected chi connectivity index (χ1v) is 5.18. The lowest BCUT2D eigenvalue weighted by Crippen LogP contribution is -2.03. The fourth-order valence-corrected chi connectivity index (χ4v) is 1.88. The summed E-state index contributed by atoms with van der Waals surface area (Å²) in [5, 5.41) is 0. The van der Waals surface area contributed by atoms with Crippen molar-refractivity contribution in [2.75, 3.05) is 5.73 Å². The third-order valence-electron chi connectivity index (χ3n) is 2.83. The van der Waals surface area contributed by atoms with E-state index in [9.17, 15) is 0 Å². The average Bonchev–Trinajstić information content (AvgIpc) is 2.21. The van der Waals surface area contributed by atoms with Crippen LogP contribution in [0, 0.1) is 6.92 Å². The molecule has 0 heterocycles. The highest BCUT2D eigenvalue weighted by Gasteiger charge is 2.08.